The highest BCUT2D eigenvalue weighted by Crippen LogP contribution is 2.28. The van der Waals surface area contributed by atoms with Gasteiger partial charge in [-0.15, -0.1) is 0 Å². The lowest BCUT2D eigenvalue weighted by Crippen LogP contribution is -2.39. The molecular formula is C12H15ClO4S. The minimum Gasteiger partial charge on any atom is -0.495 e. The summed E-state index contributed by atoms with van der Waals surface area (Å²) < 4.78 is 26.7. The number of ketones is 1. The maximum Gasteiger partial charge on any atom is 0.183 e. The van der Waals surface area contributed by atoms with E-state index in [-0.39, 0.29) is 5.56 Å². The van der Waals surface area contributed by atoms with Crippen molar-refractivity contribution in [2.24, 2.45) is 0 Å². The topological polar surface area (TPSA) is 60.4 Å². The van der Waals surface area contributed by atoms with Crippen LogP contribution in [-0.4, -0.2) is 32.3 Å². The van der Waals surface area contributed by atoms with E-state index in [0.717, 1.165) is 6.26 Å². The number of Topliss-reactive ketones (excluding diaryl/α,β-unsaturated/α-hetero) is 1. The number of carbonyl (C=O) groups excluding carboxylic acids is 1. The summed E-state index contributed by atoms with van der Waals surface area (Å²) in [6.45, 7) is 2.76. The van der Waals surface area contributed by atoms with Crippen LogP contribution >= 0.6 is 11.6 Å². The summed E-state index contributed by atoms with van der Waals surface area (Å²) in [6, 6.07) is 4.43. The first-order chi connectivity index (χ1) is 8.11. The van der Waals surface area contributed by atoms with Gasteiger partial charge in [-0.25, -0.2) is 8.42 Å². The van der Waals surface area contributed by atoms with Gasteiger partial charge in [0, 0.05) is 11.8 Å². The van der Waals surface area contributed by atoms with Crippen molar-refractivity contribution in [2.75, 3.05) is 13.4 Å². The Morgan fingerprint density at radius 1 is 1.33 bits per heavy atom. The molecule has 0 aliphatic carbocycles. The molecule has 0 saturated carbocycles. The average Bonchev–Trinajstić information content (AvgIpc) is 2.27. The molecule has 0 aliphatic rings. The molecule has 0 radical (unpaired) electrons. The van der Waals surface area contributed by atoms with Crippen LogP contribution in [0.4, 0.5) is 0 Å². The minimum absolute atomic E-state index is 0.256. The van der Waals surface area contributed by atoms with Gasteiger partial charge in [-0.2, -0.15) is 0 Å². The first kappa shape index (κ1) is 15.0. The van der Waals surface area contributed by atoms with E-state index in [4.69, 9.17) is 16.3 Å². The van der Waals surface area contributed by atoms with Gasteiger partial charge in [0.25, 0.3) is 0 Å². The van der Waals surface area contributed by atoms with Gasteiger partial charge in [0.1, 0.15) is 10.5 Å². The number of sulfone groups is 1. The fourth-order valence-electron chi connectivity index (χ4n) is 1.32. The largest absolute Gasteiger partial charge is 0.495 e. The predicted octanol–water partition coefficient (Wildman–Crippen LogP) is 2.35. The molecule has 6 heteroatoms. The molecular weight excluding hydrogens is 276 g/mol. The summed E-state index contributed by atoms with van der Waals surface area (Å²) in [5, 5.41) is 0.367. The molecule has 0 unspecified atom stereocenters. The average molecular weight is 291 g/mol. The van der Waals surface area contributed by atoms with Gasteiger partial charge in [-0.1, -0.05) is 11.6 Å². The minimum atomic E-state index is -3.50. The molecule has 1 aromatic rings. The molecule has 0 fully saturated rings. The zero-order chi connectivity index (χ0) is 14.1. The third-order valence-corrected chi connectivity index (χ3v) is 5.24. The predicted molar refractivity (Wildman–Crippen MR) is 71.3 cm³/mol. The number of ether oxygens (including phenoxy) is 1. The Bertz CT molecular complexity index is 576. The highest BCUT2D eigenvalue weighted by atomic mass is 35.5. The molecule has 0 aromatic heterocycles. The normalized spacial score (nSPS) is 12.3. The molecule has 0 heterocycles. The van der Waals surface area contributed by atoms with Crippen LogP contribution in [0, 0.1) is 0 Å². The van der Waals surface area contributed by atoms with Crippen molar-refractivity contribution in [1.82, 2.24) is 0 Å². The van der Waals surface area contributed by atoms with E-state index in [2.05, 4.69) is 0 Å². The summed E-state index contributed by atoms with van der Waals surface area (Å²) in [6.07, 6.45) is 1.04. The van der Waals surface area contributed by atoms with E-state index in [1.807, 2.05) is 0 Å². The summed E-state index contributed by atoms with van der Waals surface area (Å²) in [4.78, 5) is 12.2. The zero-order valence-electron chi connectivity index (χ0n) is 10.7. The second-order valence-corrected chi connectivity index (χ2v) is 7.43. The zero-order valence-corrected chi connectivity index (χ0v) is 12.2. The Morgan fingerprint density at radius 2 is 1.89 bits per heavy atom. The third kappa shape index (κ3) is 2.67. The van der Waals surface area contributed by atoms with E-state index >= 15 is 0 Å². The van der Waals surface area contributed by atoms with Crippen LogP contribution < -0.4 is 4.74 Å². The van der Waals surface area contributed by atoms with E-state index in [1.165, 1.54) is 39.2 Å². The molecule has 0 amide bonds. The van der Waals surface area contributed by atoms with Crippen molar-refractivity contribution < 1.29 is 17.9 Å². The number of carbonyl (C=O) groups is 1. The van der Waals surface area contributed by atoms with E-state index in [1.54, 1.807) is 0 Å². The fraction of sp³-hybridized carbons (Fsp3) is 0.417. The van der Waals surface area contributed by atoms with Gasteiger partial charge < -0.3 is 4.74 Å². The van der Waals surface area contributed by atoms with Crippen molar-refractivity contribution in [1.29, 1.82) is 0 Å². The van der Waals surface area contributed by atoms with Crippen LogP contribution in [-0.2, 0) is 9.84 Å². The van der Waals surface area contributed by atoms with Gasteiger partial charge in [-0.05, 0) is 32.0 Å². The Morgan fingerprint density at radius 3 is 2.33 bits per heavy atom. The second-order valence-electron chi connectivity index (χ2n) is 4.46. The number of hydrogen-bond acceptors (Lipinski definition) is 4. The molecule has 0 bridgehead atoms. The molecule has 1 rings (SSSR count). The van der Waals surface area contributed by atoms with Gasteiger partial charge in [0.15, 0.2) is 15.6 Å². The first-order valence-corrected chi connectivity index (χ1v) is 7.46. The van der Waals surface area contributed by atoms with Gasteiger partial charge in [-0.3, -0.25) is 4.79 Å². The molecule has 0 spiro atoms. The molecule has 4 nitrogen and oxygen atoms in total. The van der Waals surface area contributed by atoms with Crippen molar-refractivity contribution >= 4 is 27.2 Å². The van der Waals surface area contributed by atoms with E-state index in [9.17, 15) is 13.2 Å². The highest BCUT2D eigenvalue weighted by Gasteiger charge is 2.39. The number of hydrogen-bond donors (Lipinski definition) is 0. The number of halogens is 1. The van der Waals surface area contributed by atoms with E-state index < -0.39 is 20.4 Å². The quantitative estimate of drug-likeness (QED) is 0.799. The lowest BCUT2D eigenvalue weighted by molar-refractivity contribution is 0.0954. The molecule has 0 N–H and O–H groups in total. The smallest absolute Gasteiger partial charge is 0.183 e. The molecule has 0 atom stereocenters. The molecule has 0 aliphatic heterocycles. The van der Waals surface area contributed by atoms with Gasteiger partial charge in [0.2, 0.25) is 0 Å². The van der Waals surface area contributed by atoms with Crippen LogP contribution in [0.25, 0.3) is 0 Å². The Balaban J connectivity index is 3.28. The number of methoxy groups -OCH3 is 1. The molecule has 1 aromatic carbocycles. The first-order valence-electron chi connectivity index (χ1n) is 5.19. The maximum atomic E-state index is 12.2. The van der Waals surface area contributed by atoms with Crippen LogP contribution in [0.15, 0.2) is 18.2 Å². The Hall–Kier alpha value is -1.07. The summed E-state index contributed by atoms with van der Waals surface area (Å²) >= 11 is 5.85. The summed E-state index contributed by atoms with van der Waals surface area (Å²) in [5.41, 5.74) is 0.256. The SMILES string of the molecule is COc1cc(C(=O)C(C)(C)S(C)(=O)=O)ccc1Cl. The van der Waals surface area contributed by atoms with Crippen molar-refractivity contribution in [3.63, 3.8) is 0 Å². The molecule has 18 heavy (non-hydrogen) atoms. The number of rotatable bonds is 4. The van der Waals surface area contributed by atoms with Crippen molar-refractivity contribution in [2.45, 2.75) is 18.6 Å². The Kier molecular flexibility index (Phi) is 4.08. The standard InChI is InChI=1S/C12H15ClO4S/c1-12(2,18(4,15)16)11(14)8-5-6-9(13)10(7-8)17-3/h5-7H,1-4H3. The monoisotopic (exact) mass is 290 g/mol. The highest BCUT2D eigenvalue weighted by molar-refractivity contribution is 7.92. The van der Waals surface area contributed by atoms with Crippen molar-refractivity contribution in [3.8, 4) is 5.75 Å². The third-order valence-electron chi connectivity index (χ3n) is 2.89. The van der Waals surface area contributed by atoms with Crippen LogP contribution in [0.5, 0.6) is 5.75 Å². The molecule has 0 saturated heterocycles. The summed E-state index contributed by atoms with van der Waals surface area (Å²) in [7, 11) is -2.08. The van der Waals surface area contributed by atoms with Gasteiger partial charge in [0.05, 0.1) is 12.1 Å². The van der Waals surface area contributed by atoms with Gasteiger partial charge >= 0.3 is 0 Å². The van der Waals surface area contributed by atoms with Crippen LogP contribution in [0.2, 0.25) is 5.02 Å². The Labute approximate surface area is 112 Å². The van der Waals surface area contributed by atoms with E-state index in [0.29, 0.717) is 10.8 Å². The lowest BCUT2D eigenvalue weighted by Gasteiger charge is -2.21. The number of benzene rings is 1. The molecule has 100 valence electrons. The second kappa shape index (κ2) is 4.90. The summed E-state index contributed by atoms with van der Waals surface area (Å²) in [5.74, 6) is -0.146. The van der Waals surface area contributed by atoms with Crippen LogP contribution in [0.1, 0.15) is 24.2 Å². The fourth-order valence-corrected chi connectivity index (χ4v) is 1.97. The van der Waals surface area contributed by atoms with Crippen LogP contribution in [0.3, 0.4) is 0 Å². The lowest BCUT2D eigenvalue weighted by atomic mass is 10.00. The van der Waals surface area contributed by atoms with Crippen molar-refractivity contribution in [3.05, 3.63) is 28.8 Å². The maximum absolute atomic E-state index is 12.2.